The second kappa shape index (κ2) is 2.10. The molecular weight excluding hydrogens is 132 g/mol. The van der Waals surface area contributed by atoms with Crippen LogP contribution in [0.1, 0.15) is 6.92 Å². The van der Waals surface area contributed by atoms with Gasteiger partial charge in [-0.15, -0.1) is 0 Å². The molecule has 0 aromatic heterocycles. The maximum atomic E-state index is 10.8. The largest absolute Gasteiger partial charge is 0.288 e. The Labute approximate surface area is 58.4 Å². The summed E-state index contributed by atoms with van der Waals surface area (Å²) in [7, 11) is 0. The van der Waals surface area contributed by atoms with E-state index >= 15 is 0 Å². The summed E-state index contributed by atoms with van der Waals surface area (Å²) in [6.45, 7) is 5.00. The normalized spacial score (nSPS) is 17.7. The summed E-state index contributed by atoms with van der Waals surface area (Å²) in [5.74, 6) is -0.669. The fourth-order valence-corrected chi connectivity index (χ4v) is 0.803. The molecule has 1 aliphatic rings. The van der Waals surface area contributed by atoms with Crippen molar-refractivity contribution >= 4 is 11.8 Å². The zero-order valence-electron chi connectivity index (χ0n) is 5.60. The van der Waals surface area contributed by atoms with Gasteiger partial charge in [-0.2, -0.15) is 0 Å². The molecule has 0 aromatic rings. The Balaban J connectivity index is 3.13. The number of rotatable bonds is 1. The van der Waals surface area contributed by atoms with Crippen LogP contribution in [0, 0.1) is 0 Å². The highest BCUT2D eigenvalue weighted by atomic mass is 16.3. The van der Waals surface area contributed by atoms with Gasteiger partial charge in [0.25, 0.3) is 11.8 Å². The maximum Gasteiger partial charge on any atom is 0.258 e. The first-order chi connectivity index (χ1) is 4.66. The van der Waals surface area contributed by atoms with Gasteiger partial charge in [-0.1, -0.05) is 12.7 Å². The van der Waals surface area contributed by atoms with Crippen molar-refractivity contribution in [2.45, 2.75) is 6.92 Å². The van der Waals surface area contributed by atoms with Crippen molar-refractivity contribution in [3.63, 3.8) is 0 Å². The van der Waals surface area contributed by atoms with Gasteiger partial charge in [-0.25, -0.2) is 0 Å². The zero-order valence-corrected chi connectivity index (χ0v) is 5.60. The minimum atomic E-state index is -0.350. The number of hydrogen-bond donors (Lipinski definition) is 1. The van der Waals surface area contributed by atoms with Crippen molar-refractivity contribution in [2.75, 3.05) is 0 Å². The number of imide groups is 1. The van der Waals surface area contributed by atoms with Gasteiger partial charge in [0.1, 0.15) is 0 Å². The van der Waals surface area contributed by atoms with Crippen molar-refractivity contribution in [1.82, 2.24) is 5.32 Å². The summed E-state index contributed by atoms with van der Waals surface area (Å²) in [4.78, 5) is 21.5. The highest BCUT2D eigenvalue weighted by Crippen LogP contribution is 2.11. The Bertz CT molecular complexity index is 250. The van der Waals surface area contributed by atoms with Gasteiger partial charge < -0.3 is 0 Å². The number of amides is 2. The van der Waals surface area contributed by atoms with Gasteiger partial charge in [0.2, 0.25) is 0 Å². The second-order valence-corrected chi connectivity index (χ2v) is 2.03. The van der Waals surface area contributed by atoms with Crippen LogP contribution < -0.4 is 5.32 Å². The number of carbonyl (C=O) groups is 2. The van der Waals surface area contributed by atoms with Gasteiger partial charge in [0.15, 0.2) is 0 Å². The molecule has 52 valence electrons. The molecule has 1 rings (SSSR count). The van der Waals surface area contributed by atoms with Crippen LogP contribution in [-0.4, -0.2) is 11.8 Å². The van der Waals surface area contributed by atoms with E-state index in [9.17, 15) is 9.59 Å². The molecule has 0 radical (unpaired) electrons. The van der Waals surface area contributed by atoms with Crippen molar-refractivity contribution < 1.29 is 9.59 Å². The first-order valence-electron chi connectivity index (χ1n) is 2.86. The Kier molecular flexibility index (Phi) is 1.41. The summed E-state index contributed by atoms with van der Waals surface area (Å²) < 4.78 is 0. The summed E-state index contributed by atoms with van der Waals surface area (Å²) in [5.41, 5.74) is 0.824. The third-order valence-corrected chi connectivity index (χ3v) is 1.42. The highest BCUT2D eigenvalue weighted by molar-refractivity contribution is 6.20. The van der Waals surface area contributed by atoms with Crippen LogP contribution in [0.25, 0.3) is 0 Å². The summed E-state index contributed by atoms with van der Waals surface area (Å²) in [6, 6.07) is 0. The topological polar surface area (TPSA) is 46.2 Å². The Morgan fingerprint density at radius 3 is 2.50 bits per heavy atom. The van der Waals surface area contributed by atoms with Crippen molar-refractivity contribution in [3.05, 3.63) is 23.8 Å². The summed E-state index contributed by atoms with van der Waals surface area (Å²) in [6.07, 6.45) is 1.38. The van der Waals surface area contributed by atoms with Gasteiger partial charge >= 0.3 is 0 Å². The predicted molar refractivity (Wildman–Crippen MR) is 36.0 cm³/mol. The van der Waals surface area contributed by atoms with Crippen LogP contribution >= 0.6 is 0 Å². The molecule has 0 unspecified atom stereocenters. The standard InChI is InChI=1S/C7H7NO2/c1-3-5-4(2)6(9)8-7(5)10/h3H,1H2,2H3,(H,8,9,10)/i7+2. The van der Waals surface area contributed by atoms with E-state index in [1.165, 1.54) is 6.08 Å². The summed E-state index contributed by atoms with van der Waals surface area (Å²) >= 11 is 0. The Hall–Kier alpha value is -1.38. The molecule has 1 N–H and O–H groups in total. The number of carbonyl (C=O) groups excluding carboxylic acids is 2. The van der Waals surface area contributed by atoms with Gasteiger partial charge in [0, 0.05) is 11.1 Å². The lowest BCUT2D eigenvalue weighted by molar-refractivity contribution is -0.124. The molecule has 0 aliphatic carbocycles. The Morgan fingerprint density at radius 2 is 2.30 bits per heavy atom. The second-order valence-electron chi connectivity index (χ2n) is 2.03. The third-order valence-electron chi connectivity index (χ3n) is 1.42. The molecular formula is C7H7NO2. The van der Waals surface area contributed by atoms with Crippen molar-refractivity contribution in [2.24, 2.45) is 0 Å². The fourth-order valence-electron chi connectivity index (χ4n) is 0.803. The minimum Gasteiger partial charge on any atom is -0.288 e. The molecule has 3 nitrogen and oxygen atoms in total. The molecule has 0 saturated carbocycles. The molecule has 3 heteroatoms. The zero-order chi connectivity index (χ0) is 7.72. The third kappa shape index (κ3) is 0.757. The molecule has 1 aliphatic heterocycles. The van der Waals surface area contributed by atoms with Crippen LogP contribution in [-0.2, 0) is 9.59 Å². The van der Waals surface area contributed by atoms with Crippen molar-refractivity contribution in [3.8, 4) is 0 Å². The Morgan fingerprint density at radius 1 is 1.70 bits per heavy atom. The van der Waals surface area contributed by atoms with Gasteiger partial charge in [0.05, 0.1) is 0 Å². The first kappa shape index (κ1) is 6.74. The van der Waals surface area contributed by atoms with Crippen LogP contribution in [0.3, 0.4) is 0 Å². The molecule has 1 heterocycles. The van der Waals surface area contributed by atoms with Gasteiger partial charge in [-0.05, 0) is 6.92 Å². The summed E-state index contributed by atoms with van der Waals surface area (Å²) in [5, 5.41) is 2.14. The molecule has 0 aromatic carbocycles. The SMILES string of the molecule is C=CC1=C(C)C(=O)N[14C]1=O. The van der Waals surface area contributed by atoms with E-state index in [2.05, 4.69) is 11.9 Å². The van der Waals surface area contributed by atoms with E-state index in [0.29, 0.717) is 11.1 Å². The molecule has 10 heavy (non-hydrogen) atoms. The van der Waals surface area contributed by atoms with E-state index in [-0.39, 0.29) is 11.8 Å². The lowest BCUT2D eigenvalue weighted by Crippen LogP contribution is -2.22. The number of nitrogens with one attached hydrogen (secondary N) is 1. The monoisotopic (exact) mass is 139 g/mol. The van der Waals surface area contributed by atoms with E-state index in [4.69, 9.17) is 0 Å². The molecule has 0 bridgehead atoms. The molecule has 0 saturated heterocycles. The van der Waals surface area contributed by atoms with Crippen LogP contribution in [0.2, 0.25) is 0 Å². The quantitative estimate of drug-likeness (QED) is 0.525. The molecule has 0 spiro atoms. The average Bonchev–Trinajstić information content (AvgIpc) is 2.09. The van der Waals surface area contributed by atoms with Crippen LogP contribution in [0.15, 0.2) is 23.8 Å². The van der Waals surface area contributed by atoms with E-state index < -0.39 is 0 Å². The van der Waals surface area contributed by atoms with Crippen LogP contribution in [0.4, 0.5) is 0 Å². The number of hydrogen-bond acceptors (Lipinski definition) is 2. The predicted octanol–water partition coefficient (Wildman–Crippen LogP) is 0.145. The lowest BCUT2D eigenvalue weighted by Gasteiger charge is -1.85. The molecule has 0 atom stereocenters. The lowest BCUT2D eigenvalue weighted by atomic mass is 10.2. The van der Waals surface area contributed by atoms with Crippen LogP contribution in [0.5, 0.6) is 0 Å². The first-order valence-corrected chi connectivity index (χ1v) is 2.86. The van der Waals surface area contributed by atoms with E-state index in [0.717, 1.165) is 0 Å². The van der Waals surface area contributed by atoms with E-state index in [1.807, 2.05) is 0 Å². The van der Waals surface area contributed by atoms with Gasteiger partial charge in [-0.3, -0.25) is 14.9 Å². The fraction of sp³-hybridized carbons (Fsp3) is 0.143. The van der Waals surface area contributed by atoms with E-state index in [1.54, 1.807) is 6.92 Å². The molecule has 2 amide bonds. The minimum absolute atomic E-state index is 0.320. The van der Waals surface area contributed by atoms with Crippen molar-refractivity contribution in [1.29, 1.82) is 0 Å². The smallest absolute Gasteiger partial charge is 0.258 e. The molecule has 0 fully saturated rings. The maximum absolute atomic E-state index is 10.8. The highest BCUT2D eigenvalue weighted by Gasteiger charge is 2.23. The average molecular weight is 139 g/mol.